The Morgan fingerprint density at radius 1 is 1.18 bits per heavy atom. The van der Waals surface area contributed by atoms with Crippen molar-refractivity contribution in [1.29, 1.82) is 0 Å². The fourth-order valence-corrected chi connectivity index (χ4v) is 3.76. The van der Waals surface area contributed by atoms with Crippen LogP contribution in [-0.2, 0) is 0 Å². The number of H-pyrrole nitrogens is 1. The average Bonchev–Trinajstić information content (AvgIpc) is 2.86. The summed E-state index contributed by atoms with van der Waals surface area (Å²) in [7, 11) is 1.75. The Balaban J connectivity index is 1.38. The molecule has 9 nitrogen and oxygen atoms in total. The minimum absolute atomic E-state index is 0.136. The summed E-state index contributed by atoms with van der Waals surface area (Å²) in [5.74, 6) is 1.65. The van der Waals surface area contributed by atoms with Crippen LogP contribution in [0, 0.1) is 5.92 Å². The topological polar surface area (TPSA) is 121 Å². The molecular weight excluding hydrogens is 420 g/mol. The molecule has 0 radical (unpaired) electrons. The fraction of sp³-hybridized carbons (Fsp3) is 0.333. The van der Waals surface area contributed by atoms with Crippen molar-refractivity contribution in [2.24, 2.45) is 5.92 Å². The molecule has 1 aliphatic rings. The highest BCUT2D eigenvalue weighted by molar-refractivity contribution is 6.04. The van der Waals surface area contributed by atoms with Crippen LogP contribution in [0.1, 0.15) is 29.6 Å². The summed E-state index contributed by atoms with van der Waals surface area (Å²) in [6.45, 7) is 2.82. The van der Waals surface area contributed by atoms with Crippen LogP contribution in [0.25, 0.3) is 11.3 Å². The van der Waals surface area contributed by atoms with Gasteiger partial charge >= 0.3 is 0 Å². The molecule has 9 heteroatoms. The highest BCUT2D eigenvalue weighted by atomic mass is 16.5. The van der Waals surface area contributed by atoms with Crippen molar-refractivity contribution in [1.82, 2.24) is 20.3 Å². The summed E-state index contributed by atoms with van der Waals surface area (Å²) in [6, 6.07) is 8.51. The predicted molar refractivity (Wildman–Crippen MR) is 128 cm³/mol. The summed E-state index contributed by atoms with van der Waals surface area (Å²) in [6.07, 6.45) is 8.14. The zero-order valence-electron chi connectivity index (χ0n) is 18.6. The van der Waals surface area contributed by atoms with Crippen molar-refractivity contribution in [2.45, 2.75) is 19.3 Å². The predicted octanol–water partition coefficient (Wildman–Crippen LogP) is 2.89. The second-order valence-corrected chi connectivity index (χ2v) is 7.98. The number of amides is 1. The van der Waals surface area contributed by atoms with Gasteiger partial charge in [0.05, 0.1) is 24.7 Å². The van der Waals surface area contributed by atoms with Crippen LogP contribution in [0.5, 0.6) is 5.75 Å². The van der Waals surface area contributed by atoms with E-state index in [1.807, 2.05) is 0 Å². The number of pyridine rings is 1. The number of anilines is 2. The van der Waals surface area contributed by atoms with Gasteiger partial charge in [0.25, 0.3) is 11.5 Å². The van der Waals surface area contributed by atoms with E-state index in [0.29, 0.717) is 35.2 Å². The second-order valence-electron chi connectivity index (χ2n) is 7.98. The van der Waals surface area contributed by atoms with E-state index in [0.717, 1.165) is 25.3 Å². The molecule has 1 fully saturated rings. The highest BCUT2D eigenvalue weighted by Gasteiger charge is 2.14. The van der Waals surface area contributed by atoms with Gasteiger partial charge < -0.3 is 25.7 Å². The Labute approximate surface area is 192 Å². The maximum absolute atomic E-state index is 12.7. The Kier molecular flexibility index (Phi) is 7.31. The monoisotopic (exact) mass is 448 g/mol. The van der Waals surface area contributed by atoms with Crippen LogP contribution < -0.4 is 26.2 Å². The first kappa shape index (κ1) is 22.5. The van der Waals surface area contributed by atoms with Crippen LogP contribution in [0.15, 0.2) is 53.7 Å². The van der Waals surface area contributed by atoms with Crippen molar-refractivity contribution in [2.75, 3.05) is 37.4 Å². The van der Waals surface area contributed by atoms with E-state index in [1.54, 1.807) is 49.8 Å². The number of benzene rings is 1. The largest absolute Gasteiger partial charge is 0.494 e. The fourth-order valence-electron chi connectivity index (χ4n) is 3.76. The molecule has 172 valence electrons. The molecule has 0 unspecified atom stereocenters. The molecular formula is C24H28N6O3. The third-order valence-corrected chi connectivity index (χ3v) is 5.71. The SMILES string of the molecule is CNc1cncc(-c2c[nH]c(=O)c(NC(=O)c3ccc(OCCC4CCNCC4)cc3)c2)n1. The van der Waals surface area contributed by atoms with Gasteiger partial charge in [0.1, 0.15) is 17.3 Å². The summed E-state index contributed by atoms with van der Waals surface area (Å²) in [5.41, 5.74) is 1.37. The first-order valence-corrected chi connectivity index (χ1v) is 11.1. The quantitative estimate of drug-likeness (QED) is 0.418. The summed E-state index contributed by atoms with van der Waals surface area (Å²) in [4.78, 5) is 36.1. The number of rotatable bonds is 8. The van der Waals surface area contributed by atoms with E-state index in [2.05, 4.69) is 30.9 Å². The number of ether oxygens (including phenoxy) is 1. The van der Waals surface area contributed by atoms with Crippen molar-refractivity contribution >= 4 is 17.4 Å². The first-order valence-electron chi connectivity index (χ1n) is 11.1. The summed E-state index contributed by atoms with van der Waals surface area (Å²) < 4.78 is 5.84. The minimum atomic E-state index is -0.400. The van der Waals surface area contributed by atoms with Gasteiger partial charge in [0, 0.05) is 24.4 Å². The molecule has 0 spiro atoms. The van der Waals surface area contributed by atoms with Crippen LogP contribution in [0.4, 0.5) is 11.5 Å². The number of hydrogen-bond donors (Lipinski definition) is 4. The van der Waals surface area contributed by atoms with Gasteiger partial charge in [-0.1, -0.05) is 0 Å². The lowest BCUT2D eigenvalue weighted by atomic mass is 9.95. The lowest BCUT2D eigenvalue weighted by Gasteiger charge is -2.22. The lowest BCUT2D eigenvalue weighted by Crippen LogP contribution is -2.28. The van der Waals surface area contributed by atoms with Gasteiger partial charge in [-0.25, -0.2) is 4.98 Å². The van der Waals surface area contributed by atoms with Crippen LogP contribution >= 0.6 is 0 Å². The molecule has 0 atom stereocenters. The molecule has 4 rings (SSSR count). The third-order valence-electron chi connectivity index (χ3n) is 5.71. The number of nitrogens with zero attached hydrogens (tertiary/aromatic N) is 2. The minimum Gasteiger partial charge on any atom is -0.494 e. The Morgan fingerprint density at radius 2 is 1.97 bits per heavy atom. The number of aromatic nitrogens is 3. The maximum atomic E-state index is 12.7. The third kappa shape index (κ3) is 5.95. The van der Waals surface area contributed by atoms with Crippen molar-refractivity contribution < 1.29 is 9.53 Å². The van der Waals surface area contributed by atoms with E-state index in [4.69, 9.17) is 4.74 Å². The second kappa shape index (κ2) is 10.7. The molecule has 33 heavy (non-hydrogen) atoms. The van der Waals surface area contributed by atoms with E-state index in [9.17, 15) is 9.59 Å². The maximum Gasteiger partial charge on any atom is 0.271 e. The molecule has 4 N–H and O–H groups in total. The van der Waals surface area contributed by atoms with Gasteiger partial charge in [0.2, 0.25) is 0 Å². The molecule has 1 amide bonds. The van der Waals surface area contributed by atoms with Crippen molar-refractivity contribution in [3.8, 4) is 17.0 Å². The first-order chi connectivity index (χ1) is 16.1. The zero-order chi connectivity index (χ0) is 23.0. The zero-order valence-corrected chi connectivity index (χ0v) is 18.6. The normalized spacial score (nSPS) is 14.0. The van der Waals surface area contributed by atoms with Crippen molar-refractivity contribution in [3.05, 3.63) is 64.8 Å². The number of hydrogen-bond acceptors (Lipinski definition) is 7. The molecule has 1 saturated heterocycles. The summed E-state index contributed by atoms with van der Waals surface area (Å²) >= 11 is 0. The van der Waals surface area contributed by atoms with Crippen LogP contribution in [0.3, 0.4) is 0 Å². The number of nitrogens with one attached hydrogen (secondary N) is 4. The molecule has 1 aromatic carbocycles. The molecule has 1 aliphatic heterocycles. The molecule has 3 heterocycles. The van der Waals surface area contributed by atoms with E-state index in [1.165, 1.54) is 19.0 Å². The summed E-state index contributed by atoms with van der Waals surface area (Å²) in [5, 5.41) is 8.97. The molecule has 0 saturated carbocycles. The average molecular weight is 449 g/mol. The Morgan fingerprint density at radius 3 is 2.73 bits per heavy atom. The number of carbonyl (C=O) groups is 1. The number of piperidine rings is 1. The number of carbonyl (C=O) groups excluding carboxylic acids is 1. The molecule has 0 bridgehead atoms. The van der Waals surface area contributed by atoms with E-state index >= 15 is 0 Å². The number of aromatic amines is 1. The van der Waals surface area contributed by atoms with E-state index in [-0.39, 0.29) is 11.6 Å². The Bertz CT molecular complexity index is 1140. The standard InChI is InChI=1S/C24H28N6O3/c1-25-22-15-27-14-21(29-22)18-12-20(24(32)28-13-18)30-23(31)17-2-4-19(5-3-17)33-11-8-16-6-9-26-10-7-16/h2-5,12-16,26H,6-11H2,1H3,(H,25,29)(H,28,32)(H,30,31). The van der Waals surface area contributed by atoms with Gasteiger partial charge in [-0.2, -0.15) is 0 Å². The lowest BCUT2D eigenvalue weighted by molar-refractivity contribution is 0.102. The van der Waals surface area contributed by atoms with Gasteiger partial charge in [-0.05, 0) is 68.6 Å². The van der Waals surface area contributed by atoms with Crippen molar-refractivity contribution in [3.63, 3.8) is 0 Å². The smallest absolute Gasteiger partial charge is 0.271 e. The highest BCUT2D eigenvalue weighted by Crippen LogP contribution is 2.20. The van der Waals surface area contributed by atoms with Gasteiger partial charge in [-0.3, -0.25) is 14.6 Å². The van der Waals surface area contributed by atoms with Gasteiger partial charge in [-0.15, -0.1) is 0 Å². The molecule has 0 aliphatic carbocycles. The molecule has 2 aromatic heterocycles. The van der Waals surface area contributed by atoms with Crippen LogP contribution in [0.2, 0.25) is 0 Å². The van der Waals surface area contributed by atoms with Gasteiger partial charge in [0.15, 0.2) is 0 Å². The Hall–Kier alpha value is -3.72. The van der Waals surface area contributed by atoms with E-state index < -0.39 is 5.56 Å². The van der Waals surface area contributed by atoms with Crippen LogP contribution in [-0.4, -0.2) is 47.6 Å². The molecule has 3 aromatic rings.